The molecule has 0 amide bonds. The van der Waals surface area contributed by atoms with Crippen molar-refractivity contribution in [3.05, 3.63) is 42.5 Å². The molecule has 7 nitrogen and oxygen atoms in total. The van der Waals surface area contributed by atoms with Crippen LogP contribution in [0.15, 0.2) is 20.4 Å². The van der Waals surface area contributed by atoms with E-state index in [1.807, 2.05) is 0 Å². The molecule has 0 aliphatic rings. The number of rotatable bonds is 0. The second-order valence-electron chi connectivity index (χ2n) is 4.13. The first-order chi connectivity index (χ1) is 8.34. The minimum absolute atomic E-state index is 0.117. The summed E-state index contributed by atoms with van der Waals surface area (Å²) in [5.41, 5.74) is -1.56. The van der Waals surface area contributed by atoms with Crippen LogP contribution in [0.5, 0.6) is 5.88 Å². The van der Waals surface area contributed by atoms with Crippen LogP contribution in [0.3, 0.4) is 0 Å². The van der Waals surface area contributed by atoms with Crippen LogP contribution in [0.2, 0.25) is 0 Å². The largest absolute Gasteiger partial charge is 0.493 e. The fourth-order valence-electron chi connectivity index (χ4n) is 1.76. The van der Waals surface area contributed by atoms with Crippen molar-refractivity contribution in [1.82, 2.24) is 14.0 Å². The molecule has 1 N–H and O–H groups in total. The third-order valence-corrected chi connectivity index (χ3v) is 2.63. The van der Waals surface area contributed by atoms with Gasteiger partial charge in [0.1, 0.15) is 0 Å². The molecule has 94 valence electrons. The molecule has 0 bridgehead atoms. The summed E-state index contributed by atoms with van der Waals surface area (Å²) in [5, 5.41) is 9.47. The van der Waals surface area contributed by atoms with Crippen molar-refractivity contribution in [1.29, 1.82) is 0 Å². The van der Waals surface area contributed by atoms with Crippen molar-refractivity contribution in [2.24, 2.45) is 7.05 Å². The molecule has 0 spiro atoms. The third kappa shape index (κ3) is 1.52. The van der Waals surface area contributed by atoms with E-state index >= 15 is 0 Å². The Morgan fingerprint density at radius 2 is 1.89 bits per heavy atom. The molecule has 0 saturated carbocycles. The predicted octanol–water partition coefficient (Wildman–Crippen LogP) is -1.63. The second kappa shape index (κ2) is 3.80. The van der Waals surface area contributed by atoms with E-state index in [1.165, 1.54) is 7.05 Å². The summed E-state index contributed by atoms with van der Waals surface area (Å²) < 4.78 is 1.61. The van der Waals surface area contributed by atoms with Gasteiger partial charge in [-0.15, -0.1) is 0 Å². The first-order valence-electron chi connectivity index (χ1n) is 5.18. The lowest BCUT2D eigenvalue weighted by Gasteiger charge is -2.04. The first-order valence-corrected chi connectivity index (χ1v) is 5.18. The van der Waals surface area contributed by atoms with Crippen LogP contribution in [0.25, 0.3) is 11.2 Å². The zero-order chi connectivity index (χ0) is 13.6. The second-order valence-corrected chi connectivity index (χ2v) is 4.13. The minimum atomic E-state index is -0.780. The fourth-order valence-corrected chi connectivity index (χ4v) is 1.76. The molecular weight excluding hydrogens is 238 g/mol. The van der Waals surface area contributed by atoms with E-state index < -0.39 is 22.7 Å². The highest BCUT2D eigenvalue weighted by molar-refractivity contribution is 5.51. The Morgan fingerprint density at radius 3 is 2.44 bits per heavy atom. The number of aromatic hydroxyl groups is 1. The van der Waals surface area contributed by atoms with Crippen molar-refractivity contribution in [3.8, 4) is 5.88 Å². The van der Waals surface area contributed by atoms with E-state index in [1.54, 1.807) is 13.8 Å². The number of hydrogen-bond donors (Lipinski definition) is 1. The summed E-state index contributed by atoms with van der Waals surface area (Å²) >= 11 is 0. The van der Waals surface area contributed by atoms with Crippen LogP contribution in [-0.2, 0) is 7.05 Å². The van der Waals surface area contributed by atoms with E-state index in [2.05, 4.69) is 4.98 Å². The van der Waals surface area contributed by atoms with Crippen molar-refractivity contribution in [2.45, 2.75) is 13.8 Å². The van der Waals surface area contributed by atoms with E-state index in [-0.39, 0.29) is 10.9 Å². The van der Waals surface area contributed by atoms with E-state index in [4.69, 9.17) is 0 Å². The number of aromatic nitrogens is 3. The zero-order valence-corrected chi connectivity index (χ0v) is 10.1. The quantitative estimate of drug-likeness (QED) is 0.605. The molecule has 0 atom stereocenters. The molecule has 2 aromatic heterocycles. The van der Waals surface area contributed by atoms with Crippen LogP contribution in [0, 0.1) is 0 Å². The average Bonchev–Trinajstić information content (AvgIpc) is 2.24. The van der Waals surface area contributed by atoms with Gasteiger partial charge in [-0.3, -0.25) is 14.2 Å². The van der Waals surface area contributed by atoms with Crippen molar-refractivity contribution in [3.63, 3.8) is 0 Å². The standard InChI is InChI=1S/C11H11N3O4/c1-5(2)8-9-12-6(15)4-7(16)14(9)11(18)13(3)10(8)17/h4,15H,1-3H3. The van der Waals surface area contributed by atoms with Crippen molar-refractivity contribution in [2.75, 3.05) is 0 Å². The molecule has 0 radical (unpaired) electrons. The van der Waals surface area contributed by atoms with E-state index in [9.17, 15) is 19.5 Å². The van der Waals surface area contributed by atoms with Gasteiger partial charge in [-0.05, 0) is 13.8 Å². The van der Waals surface area contributed by atoms with Crippen LogP contribution in [0.1, 0.15) is 13.8 Å². The maximum absolute atomic E-state index is 12.0. The lowest BCUT2D eigenvalue weighted by atomic mass is 10.2. The van der Waals surface area contributed by atoms with Crippen LogP contribution >= 0.6 is 0 Å². The van der Waals surface area contributed by atoms with Crippen LogP contribution < -0.4 is 22.0 Å². The Kier molecular flexibility index (Phi) is 2.54. The number of hydrogen-bond acceptors (Lipinski definition) is 5. The third-order valence-electron chi connectivity index (χ3n) is 2.63. The smallest absolute Gasteiger partial charge is 0.339 e. The van der Waals surface area contributed by atoms with E-state index in [0.29, 0.717) is 5.57 Å². The molecule has 7 heteroatoms. The lowest BCUT2D eigenvalue weighted by molar-refractivity contribution is 0.452. The molecule has 18 heavy (non-hydrogen) atoms. The summed E-state index contributed by atoms with van der Waals surface area (Å²) in [6, 6.07) is 0.827. The van der Waals surface area contributed by atoms with Crippen LogP contribution in [-0.4, -0.2) is 19.1 Å². The molecule has 0 aromatic carbocycles. The highest BCUT2D eigenvalue weighted by Gasteiger charge is 2.12. The van der Waals surface area contributed by atoms with Gasteiger partial charge in [0, 0.05) is 7.05 Å². The summed E-state index contributed by atoms with van der Waals surface area (Å²) in [6.45, 7) is 3.33. The summed E-state index contributed by atoms with van der Waals surface area (Å²) in [7, 11) is 1.29. The summed E-state index contributed by atoms with van der Waals surface area (Å²) in [4.78, 5) is 39.2. The molecule has 0 saturated heterocycles. The summed E-state index contributed by atoms with van der Waals surface area (Å²) in [5.74, 6) is -0.518. The topological polar surface area (TPSA) is 93.7 Å². The molecule has 0 fully saturated rings. The maximum Gasteiger partial charge on any atom is 0.339 e. The lowest BCUT2D eigenvalue weighted by Crippen LogP contribution is -2.48. The Bertz CT molecular complexity index is 872. The fraction of sp³-hybridized carbons (Fsp3) is 0.273. The van der Waals surface area contributed by atoms with Crippen molar-refractivity contribution < 1.29 is 5.11 Å². The number of nitrogens with zero attached hydrogens (tertiary/aromatic N) is 3. The van der Waals surface area contributed by atoms with Gasteiger partial charge >= 0.3 is 5.69 Å². The average molecular weight is 249 g/mol. The van der Waals surface area contributed by atoms with Gasteiger partial charge in [0.25, 0.3) is 11.1 Å². The molecule has 0 unspecified atom stereocenters. The molecule has 0 aliphatic heterocycles. The van der Waals surface area contributed by atoms with Gasteiger partial charge in [-0.2, -0.15) is 4.98 Å². The Labute approximate surface area is 100 Å². The van der Waals surface area contributed by atoms with Gasteiger partial charge in [0.15, 0.2) is 5.65 Å². The zero-order valence-electron chi connectivity index (χ0n) is 10.1. The predicted molar refractivity (Wildman–Crippen MR) is 64.6 cm³/mol. The Balaban J connectivity index is 3.43. The first kappa shape index (κ1) is 12.0. The molecule has 2 heterocycles. The molecular formula is C11H11N3O4. The number of fused-ring (bicyclic) bond motifs is 1. The Hall–Kier alpha value is -2.44. The Morgan fingerprint density at radius 1 is 1.28 bits per heavy atom. The maximum atomic E-state index is 12.0. The van der Waals surface area contributed by atoms with Gasteiger partial charge in [-0.25, -0.2) is 9.20 Å². The van der Waals surface area contributed by atoms with E-state index in [0.717, 1.165) is 15.0 Å². The SMILES string of the molecule is CC(C)=c1c(=O)n(C)c(=O)n2c(=O)cc(O)nc12. The highest BCUT2D eigenvalue weighted by atomic mass is 16.3. The highest BCUT2D eigenvalue weighted by Crippen LogP contribution is 1.97. The van der Waals surface area contributed by atoms with Gasteiger partial charge in [0.05, 0.1) is 11.3 Å². The summed E-state index contributed by atoms with van der Waals surface area (Å²) in [6.07, 6.45) is 0. The molecule has 2 aromatic rings. The van der Waals surface area contributed by atoms with Crippen LogP contribution in [0.4, 0.5) is 0 Å². The van der Waals surface area contributed by atoms with Gasteiger partial charge in [0.2, 0.25) is 5.88 Å². The van der Waals surface area contributed by atoms with Gasteiger partial charge in [-0.1, -0.05) is 5.57 Å². The monoisotopic (exact) mass is 249 g/mol. The molecule has 2 rings (SSSR count). The minimum Gasteiger partial charge on any atom is -0.493 e. The molecule has 0 aliphatic carbocycles. The normalized spacial score (nSPS) is 10.8. The van der Waals surface area contributed by atoms with Gasteiger partial charge < -0.3 is 5.11 Å². The van der Waals surface area contributed by atoms with Crippen molar-refractivity contribution >= 4 is 11.2 Å².